The van der Waals surface area contributed by atoms with E-state index < -0.39 is 0 Å². The number of aryl methyl sites for hydroxylation is 1. The van der Waals surface area contributed by atoms with Gasteiger partial charge in [0.2, 0.25) is 0 Å². The lowest BCUT2D eigenvalue weighted by molar-refractivity contribution is -0.142. The fraction of sp³-hybridized carbons (Fsp3) is 0.471. The van der Waals surface area contributed by atoms with E-state index in [9.17, 15) is 4.79 Å². The highest BCUT2D eigenvalue weighted by Gasteiger charge is 2.20. The fourth-order valence-electron chi connectivity index (χ4n) is 2.04. The molecule has 1 atom stereocenters. The van der Waals surface area contributed by atoms with E-state index in [0.717, 1.165) is 23.8 Å². The third-order valence-corrected chi connectivity index (χ3v) is 4.50. The van der Waals surface area contributed by atoms with Crippen LogP contribution < -0.4 is 0 Å². The topological polar surface area (TPSA) is 57.0 Å². The summed E-state index contributed by atoms with van der Waals surface area (Å²) in [5.41, 5.74) is 1.18. The third-order valence-electron chi connectivity index (χ3n) is 3.44. The van der Waals surface area contributed by atoms with E-state index >= 15 is 0 Å². The summed E-state index contributed by atoms with van der Waals surface area (Å²) in [6, 6.07) is 10.1. The molecule has 6 heteroatoms. The Morgan fingerprint density at radius 1 is 1.30 bits per heavy atom. The van der Waals surface area contributed by atoms with Crippen LogP contribution in [0.2, 0.25) is 0 Å². The van der Waals surface area contributed by atoms with Crippen molar-refractivity contribution in [2.75, 3.05) is 6.61 Å². The summed E-state index contributed by atoms with van der Waals surface area (Å²) >= 11 is 1.39. The van der Waals surface area contributed by atoms with Gasteiger partial charge in [-0.3, -0.25) is 4.79 Å². The zero-order valence-electron chi connectivity index (χ0n) is 13.9. The molecular weight excluding hydrogens is 310 g/mol. The van der Waals surface area contributed by atoms with Gasteiger partial charge in [-0.1, -0.05) is 55.4 Å². The highest BCUT2D eigenvalue weighted by atomic mass is 32.2. The molecule has 1 unspecified atom stereocenters. The summed E-state index contributed by atoms with van der Waals surface area (Å²) in [5, 5.41) is 8.78. The van der Waals surface area contributed by atoms with Gasteiger partial charge in [0, 0.05) is 0 Å². The number of hydrogen-bond donors (Lipinski definition) is 0. The van der Waals surface area contributed by atoms with Crippen LogP contribution in [-0.4, -0.2) is 32.6 Å². The van der Waals surface area contributed by atoms with Crippen LogP contribution in [0, 0.1) is 6.92 Å². The Kier molecular flexibility index (Phi) is 6.65. The van der Waals surface area contributed by atoms with E-state index in [2.05, 4.69) is 29.3 Å². The van der Waals surface area contributed by atoms with Crippen molar-refractivity contribution < 1.29 is 9.53 Å². The lowest BCUT2D eigenvalue weighted by Crippen LogP contribution is -2.18. The van der Waals surface area contributed by atoms with Gasteiger partial charge in [0.1, 0.15) is 11.1 Å². The van der Waals surface area contributed by atoms with Crippen LogP contribution in [-0.2, 0) is 16.1 Å². The first-order chi connectivity index (χ1) is 11.1. The number of carbonyl (C=O) groups excluding carboxylic acids is 1. The Balaban J connectivity index is 2.01. The van der Waals surface area contributed by atoms with Crippen LogP contribution in [0.5, 0.6) is 0 Å². The number of hydrogen-bond acceptors (Lipinski definition) is 5. The molecule has 1 aromatic heterocycles. The fourth-order valence-corrected chi connectivity index (χ4v) is 2.93. The van der Waals surface area contributed by atoms with Crippen LogP contribution in [0.1, 0.15) is 38.1 Å². The standard InChI is InChI=1S/C17H23N3O2S/c1-4-5-11-22-16(21)13(2)23-17-19-18-14(3)20(17)12-15-9-7-6-8-10-15/h6-10,13H,4-5,11-12H2,1-3H3. The zero-order chi connectivity index (χ0) is 16.7. The van der Waals surface area contributed by atoms with Crippen LogP contribution in [0.15, 0.2) is 35.5 Å². The molecule has 0 bridgehead atoms. The van der Waals surface area contributed by atoms with Gasteiger partial charge in [-0.2, -0.15) is 0 Å². The second kappa shape index (κ2) is 8.72. The Labute approximate surface area is 141 Å². The van der Waals surface area contributed by atoms with E-state index in [1.54, 1.807) is 0 Å². The molecular formula is C17H23N3O2S. The predicted molar refractivity (Wildman–Crippen MR) is 91.5 cm³/mol. The van der Waals surface area contributed by atoms with Gasteiger partial charge in [0.05, 0.1) is 13.2 Å². The minimum absolute atomic E-state index is 0.199. The summed E-state index contributed by atoms with van der Waals surface area (Å²) < 4.78 is 7.29. The summed E-state index contributed by atoms with van der Waals surface area (Å²) in [6.45, 7) is 7.01. The molecule has 23 heavy (non-hydrogen) atoms. The van der Waals surface area contributed by atoms with Crippen molar-refractivity contribution >= 4 is 17.7 Å². The lowest BCUT2D eigenvalue weighted by atomic mass is 10.2. The minimum Gasteiger partial charge on any atom is -0.465 e. The van der Waals surface area contributed by atoms with Crippen molar-refractivity contribution in [3.63, 3.8) is 0 Å². The van der Waals surface area contributed by atoms with Crippen molar-refractivity contribution in [3.05, 3.63) is 41.7 Å². The number of unbranched alkanes of at least 4 members (excludes halogenated alkanes) is 1. The Morgan fingerprint density at radius 3 is 2.74 bits per heavy atom. The van der Waals surface area contributed by atoms with Crippen LogP contribution >= 0.6 is 11.8 Å². The number of nitrogens with zero attached hydrogens (tertiary/aromatic N) is 3. The highest BCUT2D eigenvalue weighted by molar-refractivity contribution is 8.00. The number of aromatic nitrogens is 3. The van der Waals surface area contributed by atoms with Crippen molar-refractivity contribution in [2.24, 2.45) is 0 Å². The number of esters is 1. The van der Waals surface area contributed by atoms with Gasteiger partial charge in [-0.25, -0.2) is 0 Å². The first kappa shape index (κ1) is 17.5. The van der Waals surface area contributed by atoms with Crippen LogP contribution in [0.25, 0.3) is 0 Å². The van der Waals surface area contributed by atoms with Crippen molar-refractivity contribution in [3.8, 4) is 0 Å². The maximum Gasteiger partial charge on any atom is 0.319 e. The van der Waals surface area contributed by atoms with Gasteiger partial charge < -0.3 is 9.30 Å². The molecule has 2 rings (SSSR count). The average molecular weight is 333 g/mol. The summed E-state index contributed by atoms with van der Waals surface area (Å²) in [5.74, 6) is 0.637. The molecule has 0 spiro atoms. The second-order valence-corrected chi connectivity index (χ2v) is 6.69. The molecule has 0 fully saturated rings. The first-order valence-electron chi connectivity index (χ1n) is 7.88. The van der Waals surface area contributed by atoms with E-state index in [1.165, 1.54) is 17.3 Å². The van der Waals surface area contributed by atoms with Gasteiger partial charge in [-0.15, -0.1) is 10.2 Å². The number of ether oxygens (including phenoxy) is 1. The SMILES string of the molecule is CCCCOC(=O)C(C)Sc1nnc(C)n1Cc1ccccc1. The normalized spacial score (nSPS) is 12.1. The van der Waals surface area contributed by atoms with Gasteiger partial charge >= 0.3 is 5.97 Å². The predicted octanol–water partition coefficient (Wildman–Crippen LogP) is 3.46. The molecule has 0 aliphatic heterocycles. The van der Waals surface area contributed by atoms with Crippen LogP contribution in [0.4, 0.5) is 0 Å². The maximum atomic E-state index is 12.0. The van der Waals surface area contributed by atoms with E-state index in [4.69, 9.17) is 4.74 Å². The van der Waals surface area contributed by atoms with Gasteiger partial charge in [-0.05, 0) is 25.8 Å². The summed E-state index contributed by atoms with van der Waals surface area (Å²) in [4.78, 5) is 12.0. The average Bonchev–Trinajstić information content (AvgIpc) is 2.89. The zero-order valence-corrected chi connectivity index (χ0v) is 14.7. The molecule has 0 amide bonds. The third kappa shape index (κ3) is 5.10. The van der Waals surface area contributed by atoms with E-state index in [1.807, 2.05) is 36.6 Å². The van der Waals surface area contributed by atoms with Crippen molar-refractivity contribution in [2.45, 2.75) is 50.6 Å². The van der Waals surface area contributed by atoms with E-state index in [-0.39, 0.29) is 11.2 Å². The molecule has 0 radical (unpaired) electrons. The highest BCUT2D eigenvalue weighted by Crippen LogP contribution is 2.24. The molecule has 0 aliphatic rings. The molecule has 0 saturated heterocycles. The largest absolute Gasteiger partial charge is 0.465 e. The smallest absolute Gasteiger partial charge is 0.319 e. The molecule has 0 N–H and O–H groups in total. The number of thioether (sulfide) groups is 1. The number of carbonyl (C=O) groups is 1. The maximum absolute atomic E-state index is 12.0. The quantitative estimate of drug-likeness (QED) is 0.421. The monoisotopic (exact) mass is 333 g/mol. The van der Waals surface area contributed by atoms with Gasteiger partial charge in [0.15, 0.2) is 5.16 Å². The number of rotatable bonds is 8. The minimum atomic E-state index is -0.301. The molecule has 0 aliphatic carbocycles. The number of benzene rings is 1. The molecule has 124 valence electrons. The second-order valence-electron chi connectivity index (χ2n) is 5.38. The van der Waals surface area contributed by atoms with E-state index in [0.29, 0.717) is 13.2 Å². The summed E-state index contributed by atoms with van der Waals surface area (Å²) in [7, 11) is 0. The molecule has 2 aromatic rings. The Bertz CT molecular complexity index is 628. The molecule has 1 aromatic carbocycles. The van der Waals surface area contributed by atoms with Gasteiger partial charge in [0.25, 0.3) is 0 Å². The Morgan fingerprint density at radius 2 is 2.04 bits per heavy atom. The molecule has 1 heterocycles. The lowest BCUT2D eigenvalue weighted by Gasteiger charge is -2.12. The Hall–Kier alpha value is -1.82. The molecule has 5 nitrogen and oxygen atoms in total. The molecule has 0 saturated carbocycles. The van der Waals surface area contributed by atoms with Crippen molar-refractivity contribution in [1.29, 1.82) is 0 Å². The first-order valence-corrected chi connectivity index (χ1v) is 8.76. The van der Waals surface area contributed by atoms with Crippen molar-refractivity contribution in [1.82, 2.24) is 14.8 Å². The summed E-state index contributed by atoms with van der Waals surface area (Å²) in [6.07, 6.45) is 1.91. The van der Waals surface area contributed by atoms with Crippen LogP contribution in [0.3, 0.4) is 0 Å².